The van der Waals surface area contributed by atoms with Gasteiger partial charge in [-0.05, 0) is 43.7 Å². The van der Waals surface area contributed by atoms with Crippen LogP contribution in [0.5, 0.6) is 5.75 Å². The Balaban J connectivity index is 1.96. The van der Waals surface area contributed by atoms with Crippen LogP contribution in [0.4, 0.5) is 0 Å². The zero-order valence-corrected chi connectivity index (χ0v) is 14.9. The van der Waals surface area contributed by atoms with E-state index in [-0.39, 0.29) is 6.10 Å². The van der Waals surface area contributed by atoms with Crippen LogP contribution in [-0.2, 0) is 0 Å². The number of rotatable bonds is 4. The fourth-order valence-electron chi connectivity index (χ4n) is 2.88. The molecule has 1 aliphatic heterocycles. The highest BCUT2D eigenvalue weighted by molar-refractivity contribution is 6.37. The number of hydrogen-bond acceptors (Lipinski definition) is 3. The zero-order valence-electron chi connectivity index (χ0n) is 12.7. The highest BCUT2D eigenvalue weighted by Crippen LogP contribution is 2.40. The predicted molar refractivity (Wildman–Crippen MR) is 94.8 cm³/mol. The average Bonchev–Trinajstić information content (AvgIpc) is 3.00. The molecule has 1 fully saturated rings. The van der Waals surface area contributed by atoms with E-state index >= 15 is 0 Å². The maximum atomic E-state index is 6.34. The first kappa shape index (κ1) is 16.8. The van der Waals surface area contributed by atoms with E-state index in [0.717, 1.165) is 30.6 Å². The molecule has 0 unspecified atom stereocenters. The lowest BCUT2D eigenvalue weighted by Gasteiger charge is -2.26. The van der Waals surface area contributed by atoms with Crippen LogP contribution in [0.15, 0.2) is 30.6 Å². The molecule has 3 nitrogen and oxygen atoms in total. The molecule has 1 N–H and O–H groups in total. The molecule has 0 aliphatic carbocycles. The number of aryl methyl sites for hydroxylation is 1. The molecular formula is C17H17Cl3N2O. The lowest BCUT2D eigenvalue weighted by molar-refractivity contribution is 0.144. The van der Waals surface area contributed by atoms with Crippen molar-refractivity contribution in [3.8, 4) is 5.75 Å². The standard InChI is InChI=1S/C17H17Cl3N2O/c1-10-4-14(19)17(15(20)5-10)23-16(11-2-3-21-7-11)12-6-13(18)9-22-8-12/h4-6,8-9,11,16,21H,2-3,7H2,1H3/t11-,16+/m1/s1. The third-order valence-electron chi connectivity index (χ3n) is 3.97. The van der Waals surface area contributed by atoms with Crippen LogP contribution in [0.3, 0.4) is 0 Å². The monoisotopic (exact) mass is 370 g/mol. The Labute approximate surface area is 150 Å². The SMILES string of the molecule is Cc1cc(Cl)c(O[C@H](c2cncc(Cl)c2)[C@@H]2CCNC2)c(Cl)c1. The molecule has 1 aliphatic rings. The van der Waals surface area contributed by atoms with Crippen LogP contribution >= 0.6 is 34.8 Å². The number of halogens is 3. The molecule has 0 saturated carbocycles. The first-order chi connectivity index (χ1) is 11.0. The van der Waals surface area contributed by atoms with Gasteiger partial charge in [-0.3, -0.25) is 4.98 Å². The van der Waals surface area contributed by atoms with Gasteiger partial charge in [-0.15, -0.1) is 0 Å². The van der Waals surface area contributed by atoms with Crippen LogP contribution in [0.1, 0.15) is 23.7 Å². The van der Waals surface area contributed by atoms with Crippen molar-refractivity contribution in [2.75, 3.05) is 13.1 Å². The molecule has 0 spiro atoms. The molecule has 0 amide bonds. The number of aromatic nitrogens is 1. The van der Waals surface area contributed by atoms with E-state index in [1.54, 1.807) is 12.4 Å². The Bertz CT molecular complexity index is 679. The van der Waals surface area contributed by atoms with E-state index < -0.39 is 0 Å². The zero-order chi connectivity index (χ0) is 16.4. The maximum Gasteiger partial charge on any atom is 0.157 e. The van der Waals surface area contributed by atoms with Gasteiger partial charge < -0.3 is 10.1 Å². The number of ether oxygens (including phenoxy) is 1. The van der Waals surface area contributed by atoms with Gasteiger partial charge in [0.05, 0.1) is 15.1 Å². The first-order valence-corrected chi connectivity index (χ1v) is 8.61. The molecule has 1 aromatic carbocycles. The van der Waals surface area contributed by atoms with E-state index in [9.17, 15) is 0 Å². The van der Waals surface area contributed by atoms with Crippen molar-refractivity contribution in [2.45, 2.75) is 19.4 Å². The van der Waals surface area contributed by atoms with E-state index in [1.165, 1.54) is 0 Å². The minimum atomic E-state index is -0.200. The van der Waals surface area contributed by atoms with Gasteiger partial charge in [0.2, 0.25) is 0 Å². The van der Waals surface area contributed by atoms with E-state index in [0.29, 0.717) is 26.7 Å². The van der Waals surface area contributed by atoms with Gasteiger partial charge in [0.15, 0.2) is 5.75 Å². The normalized spacial score (nSPS) is 18.9. The Kier molecular flexibility index (Phi) is 5.32. The van der Waals surface area contributed by atoms with Crippen molar-refractivity contribution in [3.63, 3.8) is 0 Å². The summed E-state index contributed by atoms with van der Waals surface area (Å²) >= 11 is 18.8. The summed E-state index contributed by atoms with van der Waals surface area (Å²) in [6, 6.07) is 5.58. The maximum absolute atomic E-state index is 6.34. The van der Waals surface area contributed by atoms with Crippen molar-refractivity contribution < 1.29 is 4.74 Å². The van der Waals surface area contributed by atoms with Gasteiger partial charge in [-0.1, -0.05) is 34.8 Å². The summed E-state index contributed by atoms with van der Waals surface area (Å²) in [5.41, 5.74) is 1.93. The lowest BCUT2D eigenvalue weighted by atomic mass is 9.96. The average molecular weight is 372 g/mol. The fourth-order valence-corrected chi connectivity index (χ4v) is 3.75. The molecule has 3 rings (SSSR count). The predicted octanol–water partition coefficient (Wildman–Crippen LogP) is 5.08. The van der Waals surface area contributed by atoms with Crippen LogP contribution < -0.4 is 10.1 Å². The summed E-state index contributed by atoms with van der Waals surface area (Å²) in [6.45, 7) is 3.78. The second-order valence-electron chi connectivity index (χ2n) is 5.79. The Morgan fingerprint density at radius 2 is 1.91 bits per heavy atom. The van der Waals surface area contributed by atoms with Crippen molar-refractivity contribution in [1.82, 2.24) is 10.3 Å². The lowest BCUT2D eigenvalue weighted by Crippen LogP contribution is -2.22. The highest BCUT2D eigenvalue weighted by Gasteiger charge is 2.29. The van der Waals surface area contributed by atoms with Crippen LogP contribution in [0, 0.1) is 12.8 Å². The highest BCUT2D eigenvalue weighted by atomic mass is 35.5. The minimum Gasteiger partial charge on any atom is -0.482 e. The second kappa shape index (κ2) is 7.27. The van der Waals surface area contributed by atoms with Gasteiger partial charge in [0.25, 0.3) is 0 Å². The quantitative estimate of drug-likeness (QED) is 0.814. The molecule has 1 saturated heterocycles. The summed E-state index contributed by atoms with van der Waals surface area (Å²) < 4.78 is 6.25. The smallest absolute Gasteiger partial charge is 0.157 e. The molecule has 23 heavy (non-hydrogen) atoms. The Morgan fingerprint density at radius 1 is 1.17 bits per heavy atom. The summed E-state index contributed by atoms with van der Waals surface area (Å²) in [7, 11) is 0. The Morgan fingerprint density at radius 3 is 2.52 bits per heavy atom. The number of pyridine rings is 1. The molecule has 1 aromatic heterocycles. The number of hydrogen-bond donors (Lipinski definition) is 1. The van der Waals surface area contributed by atoms with Crippen molar-refractivity contribution in [1.29, 1.82) is 0 Å². The summed E-state index contributed by atoms with van der Waals surface area (Å²) in [5.74, 6) is 0.819. The molecule has 0 radical (unpaired) electrons. The summed E-state index contributed by atoms with van der Waals surface area (Å²) in [6.07, 6.45) is 4.21. The molecule has 2 heterocycles. The van der Waals surface area contributed by atoms with E-state index in [2.05, 4.69) is 10.3 Å². The minimum absolute atomic E-state index is 0.200. The van der Waals surface area contributed by atoms with E-state index in [1.807, 2.05) is 25.1 Å². The van der Waals surface area contributed by atoms with Crippen LogP contribution in [0.2, 0.25) is 15.1 Å². The molecule has 2 aromatic rings. The second-order valence-corrected chi connectivity index (χ2v) is 7.04. The molecular weight excluding hydrogens is 355 g/mol. The van der Waals surface area contributed by atoms with Crippen LogP contribution in [0.25, 0.3) is 0 Å². The topological polar surface area (TPSA) is 34.1 Å². The Hall–Kier alpha value is -1.000. The molecule has 2 atom stereocenters. The molecule has 0 bridgehead atoms. The number of benzene rings is 1. The van der Waals surface area contributed by atoms with Crippen molar-refractivity contribution >= 4 is 34.8 Å². The third-order valence-corrected chi connectivity index (χ3v) is 4.74. The van der Waals surface area contributed by atoms with Gasteiger partial charge in [0, 0.05) is 30.4 Å². The summed E-state index contributed by atoms with van der Waals surface area (Å²) in [4.78, 5) is 4.18. The number of nitrogens with zero attached hydrogens (tertiary/aromatic N) is 1. The summed E-state index contributed by atoms with van der Waals surface area (Å²) in [5, 5.41) is 4.98. The van der Waals surface area contributed by atoms with E-state index in [4.69, 9.17) is 39.5 Å². The van der Waals surface area contributed by atoms with Gasteiger partial charge in [0.1, 0.15) is 6.10 Å². The van der Waals surface area contributed by atoms with Crippen LogP contribution in [-0.4, -0.2) is 18.1 Å². The molecule has 6 heteroatoms. The largest absolute Gasteiger partial charge is 0.482 e. The molecule has 122 valence electrons. The number of nitrogens with one attached hydrogen (secondary N) is 1. The fraction of sp³-hybridized carbons (Fsp3) is 0.353. The van der Waals surface area contributed by atoms with Crippen molar-refractivity contribution in [2.24, 2.45) is 5.92 Å². The third kappa shape index (κ3) is 3.92. The van der Waals surface area contributed by atoms with Crippen molar-refractivity contribution in [3.05, 3.63) is 56.8 Å². The first-order valence-electron chi connectivity index (χ1n) is 7.48. The van der Waals surface area contributed by atoms with Gasteiger partial charge >= 0.3 is 0 Å². The van der Waals surface area contributed by atoms with Gasteiger partial charge in [-0.25, -0.2) is 0 Å². The van der Waals surface area contributed by atoms with Gasteiger partial charge in [-0.2, -0.15) is 0 Å².